The first-order valence-corrected chi connectivity index (χ1v) is 9.53. The number of hydrogen-bond donors (Lipinski definition) is 0. The van der Waals surface area contributed by atoms with Crippen molar-refractivity contribution in [3.05, 3.63) is 77.0 Å². The summed E-state index contributed by atoms with van der Waals surface area (Å²) in [6.07, 6.45) is 2.99. The fourth-order valence-corrected chi connectivity index (χ4v) is 4.07. The Labute approximate surface area is 166 Å². The summed E-state index contributed by atoms with van der Waals surface area (Å²) in [5.74, 6) is -0.613. The number of hydrogen-bond acceptors (Lipinski definition) is 3. The van der Waals surface area contributed by atoms with E-state index in [-0.39, 0.29) is 24.7 Å². The molecule has 29 heavy (non-hydrogen) atoms. The molecule has 146 valence electrons. The minimum atomic E-state index is -1.11. The number of amides is 1. The third kappa shape index (κ3) is 3.23. The van der Waals surface area contributed by atoms with E-state index in [1.165, 1.54) is 17.0 Å². The largest absolute Gasteiger partial charge is 0.328 e. The molecule has 2 unspecified atom stereocenters. The van der Waals surface area contributed by atoms with Crippen molar-refractivity contribution < 1.29 is 13.6 Å². The number of nitrogens with zero attached hydrogens (tertiary/aromatic N) is 4. The van der Waals surface area contributed by atoms with Gasteiger partial charge in [0.05, 0.1) is 36.4 Å². The molecule has 2 atom stereocenters. The van der Waals surface area contributed by atoms with Crippen molar-refractivity contribution in [3.8, 4) is 0 Å². The number of pyridine rings is 1. The predicted molar refractivity (Wildman–Crippen MR) is 103 cm³/mol. The van der Waals surface area contributed by atoms with Gasteiger partial charge < -0.3 is 4.90 Å². The van der Waals surface area contributed by atoms with Gasteiger partial charge in [-0.1, -0.05) is 12.1 Å². The number of benzene rings is 1. The Bertz CT molecular complexity index is 1180. The van der Waals surface area contributed by atoms with Gasteiger partial charge in [-0.25, -0.2) is 8.78 Å². The van der Waals surface area contributed by atoms with Crippen molar-refractivity contribution in [2.45, 2.75) is 31.6 Å². The van der Waals surface area contributed by atoms with Crippen LogP contribution in [0.1, 0.15) is 24.4 Å². The second-order valence-electron chi connectivity index (χ2n) is 7.46. The van der Waals surface area contributed by atoms with E-state index in [2.05, 4.69) is 15.8 Å². The first-order valence-electron chi connectivity index (χ1n) is 9.53. The zero-order valence-corrected chi connectivity index (χ0v) is 15.6. The van der Waals surface area contributed by atoms with Crippen molar-refractivity contribution in [2.24, 2.45) is 0 Å². The lowest BCUT2D eigenvalue weighted by Gasteiger charge is -2.27. The molecule has 0 N–H and O–H groups in total. The summed E-state index contributed by atoms with van der Waals surface area (Å²) < 4.78 is 29.5. The molecule has 3 heterocycles. The molecule has 1 aliphatic carbocycles. The molecule has 0 radical (unpaired) electrons. The summed E-state index contributed by atoms with van der Waals surface area (Å²) in [5.41, 5.74) is 6.98. The van der Waals surface area contributed by atoms with Crippen LogP contribution in [0.3, 0.4) is 0 Å². The van der Waals surface area contributed by atoms with Gasteiger partial charge in [-0.05, 0) is 35.4 Å². The van der Waals surface area contributed by atoms with Crippen LogP contribution in [0, 0.1) is 5.82 Å². The summed E-state index contributed by atoms with van der Waals surface area (Å²) in [4.78, 5) is 18.7. The molecule has 1 amide bonds. The molecular weight excluding hydrogens is 374 g/mol. The molecule has 2 aliphatic rings. The van der Waals surface area contributed by atoms with Crippen molar-refractivity contribution in [1.82, 2.24) is 19.7 Å². The zero-order valence-electron chi connectivity index (χ0n) is 15.6. The number of carbonyl (C=O) groups is 1. The number of carbonyl (C=O) groups excluding carboxylic acids is 1. The molecule has 0 bridgehead atoms. The third-order valence-electron chi connectivity index (χ3n) is 5.47. The highest BCUT2D eigenvalue weighted by molar-refractivity contribution is 5.95. The lowest BCUT2D eigenvalue weighted by atomic mass is 9.95. The number of aromatic nitrogens is 3. The van der Waals surface area contributed by atoms with E-state index >= 15 is 0 Å². The standard InChI is InChI=1S/C22H18F2N4O/c23-17-4-1-3-15(9-17)21-10-18(24)13-27(21)22(29)16-7-14(8-16)12-28-20-5-2-6-25-19(20)11-26-28/h1-6,9,11,18,21H,7,10,12-13H2. The molecule has 0 spiro atoms. The van der Waals surface area contributed by atoms with E-state index < -0.39 is 12.2 Å². The van der Waals surface area contributed by atoms with Gasteiger partial charge in [0.1, 0.15) is 17.5 Å². The highest BCUT2D eigenvalue weighted by atomic mass is 19.1. The normalized spacial score (nSPS) is 21.1. The molecule has 1 fully saturated rings. The monoisotopic (exact) mass is 392 g/mol. The van der Waals surface area contributed by atoms with Crippen molar-refractivity contribution in [2.75, 3.05) is 6.54 Å². The van der Waals surface area contributed by atoms with E-state index in [9.17, 15) is 13.6 Å². The van der Waals surface area contributed by atoms with Gasteiger partial charge in [-0.15, -0.1) is 5.73 Å². The Morgan fingerprint density at radius 3 is 2.97 bits per heavy atom. The number of alkyl halides is 1. The lowest BCUT2D eigenvalue weighted by Crippen LogP contribution is -2.33. The SMILES string of the molecule is O=C(C1=C=C(Cn2ncc3ncccc32)C1)N1CC(F)CC1c1cccc(F)c1. The molecule has 7 heteroatoms. The van der Waals surface area contributed by atoms with Gasteiger partial charge in [-0.2, -0.15) is 5.10 Å². The van der Waals surface area contributed by atoms with Crippen LogP contribution in [0.2, 0.25) is 0 Å². The van der Waals surface area contributed by atoms with Crippen LogP contribution in [0.15, 0.2) is 65.7 Å². The average Bonchev–Trinajstić information content (AvgIpc) is 3.27. The third-order valence-corrected chi connectivity index (χ3v) is 5.47. The topological polar surface area (TPSA) is 51.0 Å². The van der Waals surface area contributed by atoms with Crippen LogP contribution in [-0.4, -0.2) is 38.3 Å². The Morgan fingerprint density at radius 1 is 1.28 bits per heavy atom. The van der Waals surface area contributed by atoms with Crippen molar-refractivity contribution in [1.29, 1.82) is 0 Å². The minimum Gasteiger partial charge on any atom is -0.328 e. The quantitative estimate of drug-likeness (QED) is 0.636. The maximum absolute atomic E-state index is 14.1. The van der Waals surface area contributed by atoms with E-state index in [4.69, 9.17) is 0 Å². The van der Waals surface area contributed by atoms with Crippen LogP contribution < -0.4 is 0 Å². The summed E-state index contributed by atoms with van der Waals surface area (Å²) in [5, 5.41) is 4.34. The number of halogens is 2. The Morgan fingerprint density at radius 2 is 2.14 bits per heavy atom. The van der Waals surface area contributed by atoms with E-state index in [1.807, 2.05) is 16.8 Å². The first-order chi connectivity index (χ1) is 14.1. The molecule has 0 saturated carbocycles. The van der Waals surface area contributed by atoms with Crippen LogP contribution in [0.5, 0.6) is 0 Å². The molecule has 3 aromatic rings. The number of fused-ring (bicyclic) bond motifs is 1. The van der Waals surface area contributed by atoms with Crippen LogP contribution in [0.4, 0.5) is 8.78 Å². The van der Waals surface area contributed by atoms with Crippen LogP contribution in [-0.2, 0) is 11.3 Å². The van der Waals surface area contributed by atoms with Gasteiger partial charge in [0.25, 0.3) is 5.91 Å². The fourth-order valence-electron chi connectivity index (χ4n) is 4.07. The molecule has 5 rings (SSSR count). The van der Waals surface area contributed by atoms with Gasteiger partial charge in [0.15, 0.2) is 0 Å². The second kappa shape index (κ2) is 6.94. The molecule has 1 saturated heterocycles. The first kappa shape index (κ1) is 17.8. The smallest absolute Gasteiger partial charge is 0.258 e. The fraction of sp³-hybridized carbons (Fsp3) is 0.273. The Kier molecular flexibility index (Phi) is 4.25. The van der Waals surface area contributed by atoms with Crippen LogP contribution >= 0.6 is 0 Å². The highest BCUT2D eigenvalue weighted by Gasteiger charge is 2.38. The maximum Gasteiger partial charge on any atom is 0.258 e. The highest BCUT2D eigenvalue weighted by Crippen LogP contribution is 2.36. The van der Waals surface area contributed by atoms with Gasteiger partial charge >= 0.3 is 0 Å². The van der Waals surface area contributed by atoms with E-state index in [0.717, 1.165) is 16.6 Å². The molecule has 1 aromatic carbocycles. The summed E-state index contributed by atoms with van der Waals surface area (Å²) in [6.45, 7) is 0.557. The maximum atomic E-state index is 14.1. The second-order valence-corrected chi connectivity index (χ2v) is 7.46. The van der Waals surface area contributed by atoms with Crippen LogP contribution in [0.25, 0.3) is 11.0 Å². The summed E-state index contributed by atoms with van der Waals surface area (Å²) in [6, 6.07) is 9.38. The van der Waals surface area contributed by atoms with Crippen molar-refractivity contribution >= 4 is 16.9 Å². The molecule has 2 aromatic heterocycles. The zero-order chi connectivity index (χ0) is 20.0. The Hall–Kier alpha value is -3.31. The van der Waals surface area contributed by atoms with Gasteiger partial charge in [0.2, 0.25) is 0 Å². The Balaban J connectivity index is 1.37. The molecule has 1 aliphatic heterocycles. The lowest BCUT2D eigenvalue weighted by molar-refractivity contribution is -0.128. The summed E-state index contributed by atoms with van der Waals surface area (Å²) in [7, 11) is 0. The minimum absolute atomic E-state index is 0.0238. The molecular formula is C22H18F2N4O. The average molecular weight is 392 g/mol. The van der Waals surface area contributed by atoms with Crippen molar-refractivity contribution in [3.63, 3.8) is 0 Å². The van der Waals surface area contributed by atoms with E-state index in [1.54, 1.807) is 24.5 Å². The van der Waals surface area contributed by atoms with E-state index in [0.29, 0.717) is 24.1 Å². The summed E-state index contributed by atoms with van der Waals surface area (Å²) >= 11 is 0. The molecule has 5 nitrogen and oxygen atoms in total. The predicted octanol–water partition coefficient (Wildman–Crippen LogP) is 3.74. The number of rotatable bonds is 4. The van der Waals surface area contributed by atoms with Gasteiger partial charge in [-0.3, -0.25) is 14.5 Å². The number of likely N-dealkylation sites (tertiary alicyclic amines) is 1. The van der Waals surface area contributed by atoms with Gasteiger partial charge in [0, 0.05) is 19.0 Å².